The van der Waals surface area contributed by atoms with Gasteiger partial charge in [0.05, 0.1) is 16.8 Å². The second-order valence-corrected chi connectivity index (χ2v) is 8.11. The van der Waals surface area contributed by atoms with E-state index in [-0.39, 0.29) is 31.1 Å². The number of rotatable bonds is 8. The van der Waals surface area contributed by atoms with E-state index in [4.69, 9.17) is 0 Å². The number of hydrogen-bond acceptors (Lipinski definition) is 6. The van der Waals surface area contributed by atoms with Gasteiger partial charge in [0.1, 0.15) is 12.1 Å². The molecule has 0 bridgehead atoms. The number of nitrogens with zero attached hydrogens (tertiary/aromatic N) is 3. The third-order valence-electron chi connectivity index (χ3n) is 5.89. The smallest absolute Gasteiger partial charge is 0.251 e. The van der Waals surface area contributed by atoms with Crippen LogP contribution in [0, 0.1) is 0 Å². The van der Waals surface area contributed by atoms with Crippen LogP contribution in [-0.4, -0.2) is 40.2 Å². The van der Waals surface area contributed by atoms with Crippen molar-refractivity contribution >= 4 is 41.9 Å². The number of amides is 1. The summed E-state index contributed by atoms with van der Waals surface area (Å²) in [6.07, 6.45) is 3.69. The molecular formula is C27H29N5O2S. The van der Waals surface area contributed by atoms with E-state index in [1.54, 1.807) is 19.3 Å². The molecule has 0 aliphatic heterocycles. The highest BCUT2D eigenvalue weighted by Crippen LogP contribution is 2.27. The number of carbonyl (C=O) groups is 2. The van der Waals surface area contributed by atoms with Crippen LogP contribution >= 0.6 is 13.5 Å². The summed E-state index contributed by atoms with van der Waals surface area (Å²) in [4.78, 5) is 37.4. The molecule has 8 heteroatoms. The Hall–Kier alpha value is -3.78. The molecule has 2 heterocycles. The summed E-state index contributed by atoms with van der Waals surface area (Å²) in [5.74, 6) is 0.825. The lowest BCUT2D eigenvalue weighted by Gasteiger charge is -2.16. The van der Waals surface area contributed by atoms with Crippen LogP contribution in [0.4, 0.5) is 5.82 Å². The third kappa shape index (κ3) is 5.66. The number of benzene rings is 2. The topological polar surface area (TPSA) is 96.9 Å². The van der Waals surface area contributed by atoms with Crippen molar-refractivity contribution in [1.29, 1.82) is 0 Å². The fourth-order valence-electron chi connectivity index (χ4n) is 3.94. The summed E-state index contributed by atoms with van der Waals surface area (Å²) in [6.45, 7) is 4.60. The van der Waals surface area contributed by atoms with Crippen LogP contribution in [-0.2, 0) is 0 Å². The average molecular weight is 488 g/mol. The monoisotopic (exact) mass is 487 g/mol. The van der Waals surface area contributed by atoms with E-state index in [9.17, 15) is 9.59 Å². The zero-order valence-corrected chi connectivity index (χ0v) is 21.0. The van der Waals surface area contributed by atoms with Gasteiger partial charge in [-0.3, -0.25) is 14.6 Å². The van der Waals surface area contributed by atoms with Crippen LogP contribution in [0.5, 0.6) is 0 Å². The van der Waals surface area contributed by atoms with E-state index in [1.807, 2.05) is 55.5 Å². The molecule has 4 aromatic rings. The zero-order chi connectivity index (χ0) is 24.1. The van der Waals surface area contributed by atoms with E-state index >= 15 is 0 Å². The minimum absolute atomic E-state index is 0. The SMILES string of the molecule is CCC(=O)c1ccc(-c2cc(NC[C@@H](C)c3cccc4c(C(=O)NC)ccnc34)ncn2)cc1.S. The first-order valence-corrected chi connectivity index (χ1v) is 11.3. The van der Waals surface area contributed by atoms with Gasteiger partial charge in [-0.1, -0.05) is 56.3 Å². The molecule has 35 heavy (non-hydrogen) atoms. The first-order valence-electron chi connectivity index (χ1n) is 11.3. The number of ketones is 1. The summed E-state index contributed by atoms with van der Waals surface area (Å²) < 4.78 is 0. The maximum atomic E-state index is 12.3. The molecule has 1 amide bonds. The van der Waals surface area contributed by atoms with Crippen molar-refractivity contribution in [3.05, 3.63) is 83.8 Å². The van der Waals surface area contributed by atoms with Gasteiger partial charge in [-0.15, -0.1) is 0 Å². The first kappa shape index (κ1) is 25.8. The lowest BCUT2D eigenvalue weighted by Crippen LogP contribution is -2.18. The van der Waals surface area contributed by atoms with Gasteiger partial charge in [0.15, 0.2) is 5.78 Å². The Morgan fingerprint density at radius 1 is 1.00 bits per heavy atom. The maximum absolute atomic E-state index is 12.3. The van der Waals surface area contributed by atoms with Crippen LogP contribution in [0.1, 0.15) is 52.5 Å². The van der Waals surface area contributed by atoms with Crippen molar-refractivity contribution in [2.24, 2.45) is 0 Å². The Labute approximate surface area is 211 Å². The molecule has 2 N–H and O–H groups in total. The highest BCUT2D eigenvalue weighted by Gasteiger charge is 2.15. The minimum Gasteiger partial charge on any atom is -0.369 e. The van der Waals surface area contributed by atoms with Crippen molar-refractivity contribution in [3.8, 4) is 11.3 Å². The molecule has 0 fully saturated rings. The van der Waals surface area contributed by atoms with Crippen LogP contribution < -0.4 is 10.6 Å². The Balaban J connectivity index is 0.00000342. The number of carbonyl (C=O) groups excluding carboxylic acids is 2. The molecule has 0 saturated heterocycles. The van der Waals surface area contributed by atoms with Crippen LogP contribution in [0.2, 0.25) is 0 Å². The Morgan fingerprint density at radius 3 is 2.49 bits per heavy atom. The van der Waals surface area contributed by atoms with Crippen LogP contribution in [0.15, 0.2) is 67.1 Å². The van der Waals surface area contributed by atoms with Gasteiger partial charge in [-0.2, -0.15) is 13.5 Å². The standard InChI is InChI=1S/C27H27N5O2.H2S/c1-4-24(33)19-10-8-18(9-11-19)23-14-25(32-16-31-23)30-15-17(2)20-6-5-7-21-22(27(34)28-3)12-13-29-26(20)21;/h5-14,16-17H,4,15H2,1-3H3,(H,28,34)(H,30,31,32);1H2/t17-;/m1./s1. The predicted molar refractivity (Wildman–Crippen MR) is 145 cm³/mol. The molecule has 0 aliphatic rings. The second kappa shape index (κ2) is 11.6. The number of pyridine rings is 1. The summed E-state index contributed by atoms with van der Waals surface area (Å²) in [5, 5.41) is 6.92. The van der Waals surface area contributed by atoms with E-state index in [0.717, 1.165) is 27.7 Å². The lowest BCUT2D eigenvalue weighted by atomic mass is 9.96. The molecule has 1 atom stereocenters. The summed E-state index contributed by atoms with van der Waals surface area (Å²) in [6, 6.07) is 17.0. The van der Waals surface area contributed by atoms with Crippen molar-refractivity contribution in [3.63, 3.8) is 0 Å². The fraction of sp³-hybridized carbons (Fsp3) is 0.222. The summed E-state index contributed by atoms with van der Waals surface area (Å²) in [7, 11) is 1.63. The first-order chi connectivity index (χ1) is 16.5. The van der Waals surface area contributed by atoms with E-state index < -0.39 is 0 Å². The van der Waals surface area contributed by atoms with Gasteiger partial charge < -0.3 is 10.6 Å². The van der Waals surface area contributed by atoms with Gasteiger partial charge >= 0.3 is 0 Å². The molecule has 0 unspecified atom stereocenters. The van der Waals surface area contributed by atoms with Gasteiger partial charge in [0.25, 0.3) is 5.91 Å². The van der Waals surface area contributed by atoms with Gasteiger partial charge in [0, 0.05) is 54.7 Å². The van der Waals surface area contributed by atoms with E-state index in [2.05, 4.69) is 32.5 Å². The van der Waals surface area contributed by atoms with Gasteiger partial charge in [-0.25, -0.2) is 9.97 Å². The highest BCUT2D eigenvalue weighted by atomic mass is 32.1. The second-order valence-electron chi connectivity index (χ2n) is 8.11. The summed E-state index contributed by atoms with van der Waals surface area (Å²) >= 11 is 0. The van der Waals surface area contributed by atoms with Crippen LogP contribution in [0.25, 0.3) is 22.2 Å². The number of hydrogen-bond donors (Lipinski definition) is 2. The zero-order valence-electron chi connectivity index (χ0n) is 20.0. The largest absolute Gasteiger partial charge is 0.369 e. The van der Waals surface area contributed by atoms with E-state index in [1.165, 1.54) is 6.33 Å². The van der Waals surface area contributed by atoms with Crippen molar-refractivity contribution in [2.75, 3.05) is 18.9 Å². The summed E-state index contributed by atoms with van der Waals surface area (Å²) in [5.41, 5.74) is 4.90. The molecule has 0 aliphatic carbocycles. The number of anilines is 1. The Bertz CT molecular complexity index is 1340. The Kier molecular flexibility index (Phi) is 8.54. The molecule has 4 rings (SSSR count). The molecule has 2 aromatic carbocycles. The van der Waals surface area contributed by atoms with Crippen molar-refractivity contribution in [2.45, 2.75) is 26.2 Å². The number of nitrogens with one attached hydrogen (secondary N) is 2. The molecule has 0 saturated carbocycles. The minimum atomic E-state index is -0.129. The number of aromatic nitrogens is 3. The van der Waals surface area contributed by atoms with Gasteiger partial charge in [-0.05, 0) is 11.6 Å². The normalized spacial score (nSPS) is 11.4. The highest BCUT2D eigenvalue weighted by molar-refractivity contribution is 7.59. The number of Topliss-reactive ketones (excluding diaryl/α,β-unsaturated/α-hetero) is 1. The van der Waals surface area contributed by atoms with Crippen LogP contribution in [0.3, 0.4) is 0 Å². The number of para-hydroxylation sites is 1. The van der Waals surface area contributed by atoms with Crippen molar-refractivity contribution in [1.82, 2.24) is 20.3 Å². The molecule has 2 aromatic heterocycles. The molecule has 0 spiro atoms. The van der Waals surface area contributed by atoms with E-state index in [0.29, 0.717) is 29.9 Å². The number of fused-ring (bicyclic) bond motifs is 1. The predicted octanol–water partition coefficient (Wildman–Crippen LogP) is 4.97. The molecule has 0 radical (unpaired) electrons. The lowest BCUT2D eigenvalue weighted by molar-refractivity contribution is 0.0962. The van der Waals surface area contributed by atoms with Gasteiger partial charge in [0.2, 0.25) is 0 Å². The third-order valence-corrected chi connectivity index (χ3v) is 5.89. The van der Waals surface area contributed by atoms with Crippen molar-refractivity contribution < 1.29 is 9.59 Å². The molecule has 180 valence electrons. The molecular weight excluding hydrogens is 458 g/mol. The quantitative estimate of drug-likeness (QED) is 0.341. The molecule has 7 nitrogen and oxygen atoms in total. The average Bonchev–Trinajstić information content (AvgIpc) is 2.90. The maximum Gasteiger partial charge on any atom is 0.251 e. The Morgan fingerprint density at radius 2 is 1.77 bits per heavy atom. The fourth-order valence-corrected chi connectivity index (χ4v) is 3.94.